The highest BCUT2D eigenvalue weighted by Gasteiger charge is 2.11. The summed E-state index contributed by atoms with van der Waals surface area (Å²) in [6.45, 7) is 6.04. The van der Waals surface area contributed by atoms with Crippen molar-refractivity contribution in [2.45, 2.75) is 40.0 Å². The molecule has 2 aromatic heterocycles. The number of halogens is 2. The summed E-state index contributed by atoms with van der Waals surface area (Å²) in [7, 11) is 0. The van der Waals surface area contributed by atoms with Gasteiger partial charge in [0.1, 0.15) is 5.82 Å². The van der Waals surface area contributed by atoms with E-state index in [1.54, 1.807) is 6.07 Å². The van der Waals surface area contributed by atoms with Gasteiger partial charge in [-0.25, -0.2) is 4.39 Å². The molecule has 0 fully saturated rings. The first-order valence-electron chi connectivity index (χ1n) is 8.11. The summed E-state index contributed by atoms with van der Waals surface area (Å²) >= 11 is 5.85. The van der Waals surface area contributed by atoms with Crippen molar-refractivity contribution >= 4 is 22.6 Å². The lowest BCUT2D eigenvalue weighted by Gasteiger charge is -2.04. The number of hydrogen-bond acceptors (Lipinski definition) is 2. The topological polar surface area (TPSA) is 61.5 Å². The Morgan fingerprint density at radius 1 is 1.21 bits per heavy atom. The predicted octanol–water partition coefficient (Wildman–Crippen LogP) is 4.61. The summed E-state index contributed by atoms with van der Waals surface area (Å²) < 4.78 is 13.4. The largest absolute Gasteiger partial charge is 0.341 e. The fourth-order valence-electron chi connectivity index (χ4n) is 2.61. The van der Waals surface area contributed by atoms with Crippen LogP contribution in [0.1, 0.15) is 44.1 Å². The molecule has 2 N–H and O–H groups in total. The third-order valence-electron chi connectivity index (χ3n) is 3.49. The number of aromatic amines is 2. The first-order valence-corrected chi connectivity index (χ1v) is 8.48. The molecule has 0 atom stereocenters. The zero-order chi connectivity index (χ0) is 17.7. The summed E-state index contributed by atoms with van der Waals surface area (Å²) in [5.74, 6) is -0.393. The summed E-state index contributed by atoms with van der Waals surface area (Å²) in [5.41, 5.74) is 2.68. The predicted molar refractivity (Wildman–Crippen MR) is 96.3 cm³/mol. The number of nitrogens with one attached hydrogen (secondary N) is 2. The fourth-order valence-corrected chi connectivity index (χ4v) is 2.86. The number of pyridine rings is 1. The van der Waals surface area contributed by atoms with Crippen LogP contribution in [-0.2, 0) is 12.8 Å². The van der Waals surface area contributed by atoms with E-state index in [0.29, 0.717) is 33.7 Å². The van der Waals surface area contributed by atoms with Gasteiger partial charge in [0.2, 0.25) is 0 Å². The van der Waals surface area contributed by atoms with Crippen molar-refractivity contribution in [2.75, 3.05) is 0 Å². The molecule has 4 nitrogen and oxygen atoms in total. The van der Waals surface area contributed by atoms with Crippen LogP contribution in [-0.4, -0.2) is 15.2 Å². The molecule has 128 valence electrons. The third kappa shape index (κ3) is 4.03. The van der Waals surface area contributed by atoms with Crippen molar-refractivity contribution in [3.63, 3.8) is 0 Å². The molecule has 24 heavy (non-hydrogen) atoms. The second-order valence-electron chi connectivity index (χ2n) is 5.29. The van der Waals surface area contributed by atoms with E-state index in [2.05, 4.69) is 15.2 Å². The summed E-state index contributed by atoms with van der Waals surface area (Å²) in [6.07, 6.45) is 2.09. The van der Waals surface area contributed by atoms with Gasteiger partial charge < -0.3 is 4.98 Å². The first-order chi connectivity index (χ1) is 11.6. The number of rotatable bonds is 4. The zero-order valence-electron chi connectivity index (χ0n) is 14.0. The lowest BCUT2D eigenvalue weighted by atomic mass is 10.1. The molecule has 3 rings (SSSR count). The highest BCUT2D eigenvalue weighted by atomic mass is 35.5. The standard InChI is InChI=1S/C16H15ClFN3O.C2H6/c1-2-3-13-15-14(22)8-12(19-16(15)21-20-13)6-9-4-10(17)7-11(18)5-9;1-2/h4-5,7-8H,2-3,6H2,1H3,(H2,19,20,21,22);1-2H3. The van der Waals surface area contributed by atoms with Crippen LogP contribution in [0.25, 0.3) is 11.0 Å². The Morgan fingerprint density at radius 2 is 1.96 bits per heavy atom. The Labute approximate surface area is 145 Å². The van der Waals surface area contributed by atoms with Gasteiger partial charge >= 0.3 is 0 Å². The molecular formula is C18H21ClFN3O. The van der Waals surface area contributed by atoms with E-state index in [-0.39, 0.29) is 5.43 Å². The highest BCUT2D eigenvalue weighted by molar-refractivity contribution is 6.30. The molecule has 0 amide bonds. The molecule has 2 heterocycles. The number of nitrogens with zero attached hydrogens (tertiary/aromatic N) is 1. The fraction of sp³-hybridized carbons (Fsp3) is 0.333. The molecule has 0 aliphatic carbocycles. The quantitative estimate of drug-likeness (QED) is 0.722. The third-order valence-corrected chi connectivity index (χ3v) is 3.71. The summed E-state index contributed by atoms with van der Waals surface area (Å²) in [6, 6.07) is 5.87. The minimum Gasteiger partial charge on any atom is -0.341 e. The summed E-state index contributed by atoms with van der Waals surface area (Å²) in [4.78, 5) is 15.4. The number of benzene rings is 1. The number of aromatic nitrogens is 3. The highest BCUT2D eigenvalue weighted by Crippen LogP contribution is 2.18. The smallest absolute Gasteiger partial charge is 0.193 e. The molecule has 0 aliphatic heterocycles. The van der Waals surface area contributed by atoms with E-state index in [4.69, 9.17) is 11.6 Å². The van der Waals surface area contributed by atoms with Crippen LogP contribution in [0.15, 0.2) is 29.1 Å². The van der Waals surface area contributed by atoms with E-state index in [1.165, 1.54) is 18.2 Å². The first kappa shape index (κ1) is 18.2. The van der Waals surface area contributed by atoms with Crippen molar-refractivity contribution < 1.29 is 4.39 Å². The molecule has 0 spiro atoms. The molecule has 1 aromatic carbocycles. The SMILES string of the molecule is CC.CCCc1[nH]nc2[nH]c(Cc3cc(F)cc(Cl)c3)cc(=O)c12. The van der Waals surface area contributed by atoms with Gasteiger partial charge in [0.15, 0.2) is 11.1 Å². The Balaban J connectivity index is 0.00000100. The zero-order valence-corrected chi connectivity index (χ0v) is 14.8. The molecule has 6 heteroatoms. The normalized spacial score (nSPS) is 10.5. The average molecular weight is 350 g/mol. The van der Waals surface area contributed by atoms with E-state index < -0.39 is 5.82 Å². The molecule has 0 aliphatic rings. The maximum Gasteiger partial charge on any atom is 0.193 e. The monoisotopic (exact) mass is 349 g/mol. The lowest BCUT2D eigenvalue weighted by Crippen LogP contribution is -2.06. The van der Waals surface area contributed by atoms with Crippen LogP contribution in [0.5, 0.6) is 0 Å². The maximum absolute atomic E-state index is 13.4. The number of aryl methyl sites for hydroxylation is 1. The van der Waals surface area contributed by atoms with Gasteiger partial charge in [-0.2, -0.15) is 5.10 Å². The van der Waals surface area contributed by atoms with Crippen molar-refractivity contribution in [3.8, 4) is 0 Å². The second kappa shape index (κ2) is 8.11. The molecule has 3 aromatic rings. The Hall–Kier alpha value is -2.14. The van der Waals surface area contributed by atoms with Crippen LogP contribution in [0, 0.1) is 5.82 Å². The molecule has 0 unspecified atom stereocenters. The van der Waals surface area contributed by atoms with Gasteiger partial charge in [0, 0.05) is 28.9 Å². The Bertz CT molecular complexity index is 865. The van der Waals surface area contributed by atoms with Crippen LogP contribution < -0.4 is 5.43 Å². The summed E-state index contributed by atoms with van der Waals surface area (Å²) in [5, 5.41) is 7.99. The maximum atomic E-state index is 13.4. The molecule has 0 radical (unpaired) electrons. The number of fused-ring (bicyclic) bond motifs is 1. The van der Waals surface area contributed by atoms with Crippen LogP contribution in [0.4, 0.5) is 4.39 Å². The van der Waals surface area contributed by atoms with Crippen LogP contribution in [0.3, 0.4) is 0 Å². The van der Waals surface area contributed by atoms with Gasteiger partial charge in [-0.1, -0.05) is 38.8 Å². The molecule has 0 saturated heterocycles. The molecule has 0 saturated carbocycles. The van der Waals surface area contributed by atoms with Crippen molar-refractivity contribution in [2.24, 2.45) is 0 Å². The van der Waals surface area contributed by atoms with Gasteiger partial charge in [-0.3, -0.25) is 9.89 Å². The van der Waals surface area contributed by atoms with Gasteiger partial charge in [-0.05, 0) is 30.2 Å². The van der Waals surface area contributed by atoms with E-state index in [0.717, 1.165) is 18.5 Å². The van der Waals surface area contributed by atoms with Crippen molar-refractivity contribution in [1.82, 2.24) is 15.2 Å². The lowest BCUT2D eigenvalue weighted by molar-refractivity contribution is 0.626. The Morgan fingerprint density at radius 3 is 2.62 bits per heavy atom. The average Bonchev–Trinajstić information content (AvgIpc) is 2.92. The van der Waals surface area contributed by atoms with Crippen molar-refractivity contribution in [3.05, 3.63) is 62.3 Å². The van der Waals surface area contributed by atoms with E-state index in [9.17, 15) is 9.18 Å². The second-order valence-corrected chi connectivity index (χ2v) is 5.73. The number of hydrogen-bond donors (Lipinski definition) is 2. The van der Waals surface area contributed by atoms with E-state index >= 15 is 0 Å². The van der Waals surface area contributed by atoms with Gasteiger partial charge in [0.25, 0.3) is 0 Å². The van der Waals surface area contributed by atoms with Crippen molar-refractivity contribution in [1.29, 1.82) is 0 Å². The van der Waals surface area contributed by atoms with Gasteiger partial charge in [-0.15, -0.1) is 0 Å². The minimum absolute atomic E-state index is 0.0801. The molecular weight excluding hydrogens is 329 g/mol. The molecule has 0 bridgehead atoms. The van der Waals surface area contributed by atoms with Gasteiger partial charge in [0.05, 0.1) is 5.39 Å². The van der Waals surface area contributed by atoms with Crippen LogP contribution >= 0.6 is 11.6 Å². The Kier molecular flexibility index (Phi) is 6.15. The minimum atomic E-state index is -0.393. The van der Waals surface area contributed by atoms with E-state index in [1.807, 2.05) is 20.8 Å². The number of H-pyrrole nitrogens is 2. The van der Waals surface area contributed by atoms with Crippen LogP contribution in [0.2, 0.25) is 5.02 Å².